The maximum Gasteiger partial charge on any atom is 0.416 e. The van der Waals surface area contributed by atoms with Crippen LogP contribution in [0.5, 0.6) is 0 Å². The van der Waals surface area contributed by atoms with Gasteiger partial charge in [-0.3, -0.25) is 14.6 Å². The first-order valence-electron chi connectivity index (χ1n) is 12.4. The van der Waals surface area contributed by atoms with E-state index in [1.807, 2.05) is 48.7 Å². The zero-order valence-corrected chi connectivity index (χ0v) is 20.7. The fraction of sp³-hybridized carbons (Fsp3) is 0.286. The first-order chi connectivity index (χ1) is 18.3. The second kappa shape index (κ2) is 11.2. The number of furan rings is 1. The Morgan fingerprint density at radius 1 is 0.921 bits per heavy atom. The molecule has 1 N–H and O–H groups in total. The second-order valence-electron chi connectivity index (χ2n) is 9.32. The maximum absolute atomic E-state index is 12.7. The Morgan fingerprint density at radius 3 is 2.34 bits per heavy atom. The SMILES string of the molecule is O=C(CN1CCN(Cc2ccc(C(F)(F)F)cc2)CC1)NCc1coc(-c2ccn(-c3ccccc3)n2)c1. The topological polar surface area (TPSA) is 66.5 Å². The number of aromatic nitrogens is 2. The molecule has 1 saturated heterocycles. The molecule has 0 radical (unpaired) electrons. The summed E-state index contributed by atoms with van der Waals surface area (Å²) < 4.78 is 45.7. The van der Waals surface area contributed by atoms with Crippen molar-refractivity contribution in [2.45, 2.75) is 19.3 Å². The zero-order valence-electron chi connectivity index (χ0n) is 20.7. The number of halogens is 3. The largest absolute Gasteiger partial charge is 0.462 e. The van der Waals surface area contributed by atoms with Crippen LogP contribution >= 0.6 is 0 Å². The Kier molecular flexibility index (Phi) is 7.62. The van der Waals surface area contributed by atoms with Gasteiger partial charge in [-0.25, -0.2) is 4.68 Å². The van der Waals surface area contributed by atoms with E-state index in [2.05, 4.69) is 20.2 Å². The van der Waals surface area contributed by atoms with Gasteiger partial charge < -0.3 is 9.73 Å². The first kappa shape index (κ1) is 25.7. The lowest BCUT2D eigenvalue weighted by Crippen LogP contribution is -2.49. The van der Waals surface area contributed by atoms with Crippen LogP contribution in [-0.2, 0) is 24.1 Å². The van der Waals surface area contributed by atoms with Gasteiger partial charge in [0.25, 0.3) is 0 Å². The lowest BCUT2D eigenvalue weighted by Gasteiger charge is -2.34. The van der Waals surface area contributed by atoms with Crippen molar-refractivity contribution in [2.24, 2.45) is 0 Å². The number of hydrogen-bond donors (Lipinski definition) is 1. The molecular formula is C28H28F3N5O2. The monoisotopic (exact) mass is 523 g/mol. The zero-order chi connectivity index (χ0) is 26.5. The van der Waals surface area contributed by atoms with Crippen molar-refractivity contribution in [1.29, 1.82) is 0 Å². The molecule has 0 unspecified atom stereocenters. The third kappa shape index (κ3) is 6.51. The number of rotatable bonds is 8. The van der Waals surface area contributed by atoms with E-state index < -0.39 is 11.7 Å². The molecule has 1 aliphatic heterocycles. The molecule has 4 aromatic rings. The van der Waals surface area contributed by atoms with Crippen molar-refractivity contribution >= 4 is 5.91 Å². The van der Waals surface area contributed by atoms with E-state index in [1.54, 1.807) is 10.9 Å². The Morgan fingerprint density at radius 2 is 1.63 bits per heavy atom. The number of carbonyl (C=O) groups is 1. The summed E-state index contributed by atoms with van der Waals surface area (Å²) in [6.45, 7) is 4.16. The molecule has 7 nitrogen and oxygen atoms in total. The number of piperazine rings is 1. The summed E-state index contributed by atoms with van der Waals surface area (Å²) in [7, 11) is 0. The van der Waals surface area contributed by atoms with Gasteiger partial charge in [0.15, 0.2) is 5.76 Å². The quantitative estimate of drug-likeness (QED) is 0.366. The van der Waals surface area contributed by atoms with Gasteiger partial charge in [0.05, 0.1) is 24.1 Å². The summed E-state index contributed by atoms with van der Waals surface area (Å²) in [5, 5.41) is 7.50. The van der Waals surface area contributed by atoms with Gasteiger partial charge in [0.1, 0.15) is 5.69 Å². The first-order valence-corrected chi connectivity index (χ1v) is 12.4. The maximum atomic E-state index is 12.7. The molecule has 1 amide bonds. The van der Waals surface area contributed by atoms with Gasteiger partial charge in [-0.05, 0) is 42.0 Å². The number of benzene rings is 2. The molecule has 5 rings (SSSR count). The van der Waals surface area contributed by atoms with E-state index in [4.69, 9.17) is 4.42 Å². The number of amides is 1. The predicted molar refractivity (Wildman–Crippen MR) is 136 cm³/mol. The van der Waals surface area contributed by atoms with Crippen molar-refractivity contribution in [3.8, 4) is 17.1 Å². The van der Waals surface area contributed by atoms with Crippen LogP contribution in [0.25, 0.3) is 17.1 Å². The van der Waals surface area contributed by atoms with E-state index in [-0.39, 0.29) is 5.91 Å². The highest BCUT2D eigenvalue weighted by molar-refractivity contribution is 5.78. The molecule has 1 aliphatic rings. The third-order valence-electron chi connectivity index (χ3n) is 6.53. The number of para-hydroxylation sites is 1. The van der Waals surface area contributed by atoms with E-state index in [1.165, 1.54) is 12.1 Å². The predicted octanol–water partition coefficient (Wildman–Crippen LogP) is 4.59. The molecule has 2 aromatic carbocycles. The van der Waals surface area contributed by atoms with E-state index in [9.17, 15) is 18.0 Å². The van der Waals surface area contributed by atoms with E-state index in [0.717, 1.165) is 42.0 Å². The molecule has 0 atom stereocenters. The highest BCUT2D eigenvalue weighted by atomic mass is 19.4. The second-order valence-corrected chi connectivity index (χ2v) is 9.32. The molecule has 38 heavy (non-hydrogen) atoms. The molecule has 10 heteroatoms. The number of hydrogen-bond acceptors (Lipinski definition) is 5. The van der Waals surface area contributed by atoms with Crippen molar-refractivity contribution in [3.05, 3.63) is 95.9 Å². The minimum atomic E-state index is -4.32. The van der Waals surface area contributed by atoms with Gasteiger partial charge >= 0.3 is 6.18 Å². The Balaban J connectivity index is 1.04. The number of alkyl halides is 3. The lowest BCUT2D eigenvalue weighted by atomic mass is 10.1. The standard InChI is InChI=1S/C28H28F3N5O2/c29-28(30,31)23-8-6-21(7-9-23)18-34-12-14-35(15-13-34)19-27(37)32-17-22-16-26(38-20-22)25-10-11-36(33-25)24-4-2-1-3-5-24/h1-11,16,20H,12-15,17-19H2,(H,32,37). The fourth-order valence-electron chi connectivity index (χ4n) is 4.40. The van der Waals surface area contributed by atoms with Gasteiger partial charge in [-0.2, -0.15) is 18.3 Å². The van der Waals surface area contributed by atoms with Crippen molar-refractivity contribution in [1.82, 2.24) is 24.9 Å². The van der Waals surface area contributed by atoms with Crippen LogP contribution in [0.3, 0.4) is 0 Å². The summed E-state index contributed by atoms with van der Waals surface area (Å²) in [4.78, 5) is 16.8. The van der Waals surface area contributed by atoms with Crippen LogP contribution in [0.4, 0.5) is 13.2 Å². The van der Waals surface area contributed by atoms with Gasteiger partial charge in [-0.1, -0.05) is 30.3 Å². The van der Waals surface area contributed by atoms with Crippen LogP contribution in [0, 0.1) is 0 Å². The lowest BCUT2D eigenvalue weighted by molar-refractivity contribution is -0.137. The Hall–Kier alpha value is -3.89. The molecule has 0 spiro atoms. The fourth-order valence-corrected chi connectivity index (χ4v) is 4.40. The summed E-state index contributed by atoms with van der Waals surface area (Å²) in [5.41, 5.74) is 2.72. The van der Waals surface area contributed by atoms with Crippen LogP contribution in [0.15, 0.2) is 83.6 Å². The third-order valence-corrected chi connectivity index (χ3v) is 6.53. The molecule has 0 bridgehead atoms. The van der Waals surface area contributed by atoms with Crippen molar-refractivity contribution < 1.29 is 22.4 Å². The van der Waals surface area contributed by atoms with Gasteiger partial charge in [0.2, 0.25) is 5.91 Å². The summed E-state index contributed by atoms with van der Waals surface area (Å²) >= 11 is 0. The van der Waals surface area contributed by atoms with E-state index in [0.29, 0.717) is 44.2 Å². The molecule has 0 aliphatic carbocycles. The number of carbonyl (C=O) groups excluding carboxylic acids is 1. The van der Waals surface area contributed by atoms with E-state index >= 15 is 0 Å². The van der Waals surface area contributed by atoms with Crippen LogP contribution in [0.1, 0.15) is 16.7 Å². The highest BCUT2D eigenvalue weighted by Gasteiger charge is 2.30. The Bertz CT molecular complexity index is 1340. The molecule has 198 valence electrons. The van der Waals surface area contributed by atoms with Gasteiger partial charge in [0, 0.05) is 51.0 Å². The molecule has 0 saturated carbocycles. The highest BCUT2D eigenvalue weighted by Crippen LogP contribution is 2.29. The summed E-state index contributed by atoms with van der Waals surface area (Å²) in [6.07, 6.45) is -0.827. The number of nitrogens with one attached hydrogen (secondary N) is 1. The smallest absolute Gasteiger partial charge is 0.416 e. The minimum absolute atomic E-state index is 0.0719. The normalized spacial score (nSPS) is 15.0. The molecule has 3 heterocycles. The molecule has 1 fully saturated rings. The average Bonchev–Trinajstić information content (AvgIpc) is 3.59. The number of nitrogens with zero attached hydrogens (tertiary/aromatic N) is 4. The van der Waals surface area contributed by atoms with Crippen LogP contribution in [0.2, 0.25) is 0 Å². The van der Waals surface area contributed by atoms with Crippen molar-refractivity contribution in [2.75, 3.05) is 32.7 Å². The minimum Gasteiger partial charge on any atom is -0.462 e. The van der Waals surface area contributed by atoms with Gasteiger partial charge in [-0.15, -0.1) is 0 Å². The van der Waals surface area contributed by atoms with Crippen LogP contribution < -0.4 is 5.32 Å². The van der Waals surface area contributed by atoms with Crippen LogP contribution in [-0.4, -0.2) is 58.2 Å². The average molecular weight is 524 g/mol. The summed E-state index contributed by atoms with van der Waals surface area (Å²) in [5.74, 6) is 0.561. The Labute approximate surface area is 218 Å². The summed E-state index contributed by atoms with van der Waals surface area (Å²) in [6, 6.07) is 18.8. The van der Waals surface area contributed by atoms with Crippen molar-refractivity contribution in [3.63, 3.8) is 0 Å². The molecule has 2 aromatic heterocycles. The molecular weight excluding hydrogens is 495 g/mol.